The molecule has 6 nitrogen and oxygen atoms in total. The third-order valence-corrected chi connectivity index (χ3v) is 11.9. The average molecular weight is 453 g/mol. The van der Waals surface area contributed by atoms with Gasteiger partial charge < -0.3 is 15.1 Å². The fourth-order valence-corrected chi connectivity index (χ4v) is 5.91. The second-order valence-corrected chi connectivity index (χ2v) is 16.2. The molecule has 173 valence electrons. The highest BCUT2D eigenvalue weighted by atomic mass is 28.4. The molecule has 1 aromatic carbocycles. The molecule has 0 unspecified atom stereocenters. The van der Waals surface area contributed by atoms with Gasteiger partial charge >= 0.3 is 0 Å². The number of fused-ring (bicyclic) bond motifs is 1. The lowest BCUT2D eigenvalue weighted by molar-refractivity contribution is 0.215. The van der Waals surface area contributed by atoms with Gasteiger partial charge in [-0.1, -0.05) is 58.9 Å². The normalized spacial score (nSPS) is 24.9. The van der Waals surface area contributed by atoms with Gasteiger partial charge in [-0.25, -0.2) is 9.97 Å². The highest BCUT2D eigenvalue weighted by molar-refractivity contribution is 6.74. The molecule has 1 aromatic heterocycles. The monoisotopic (exact) mass is 452 g/mol. The molecule has 7 heteroatoms. The number of aromatic nitrogens is 3. The Morgan fingerprint density at radius 2 is 1.75 bits per heavy atom. The van der Waals surface area contributed by atoms with E-state index in [2.05, 4.69) is 104 Å². The number of hydrogen-bond donors (Lipinski definition) is 2. The van der Waals surface area contributed by atoms with Crippen LogP contribution in [0.1, 0.15) is 71.0 Å². The fourth-order valence-electron chi connectivity index (χ4n) is 4.61. The van der Waals surface area contributed by atoms with E-state index in [1.807, 2.05) is 0 Å². The molecule has 1 saturated carbocycles. The summed E-state index contributed by atoms with van der Waals surface area (Å²) < 4.78 is 6.57. The summed E-state index contributed by atoms with van der Waals surface area (Å²) in [4.78, 5) is 13.4. The molecule has 0 amide bonds. The van der Waals surface area contributed by atoms with Crippen molar-refractivity contribution in [2.45, 2.75) is 95.6 Å². The molecular weight excluding hydrogens is 414 g/mol. The van der Waals surface area contributed by atoms with Gasteiger partial charge in [-0.05, 0) is 60.4 Å². The van der Waals surface area contributed by atoms with Crippen LogP contribution in [0, 0.1) is 6.42 Å². The van der Waals surface area contributed by atoms with Gasteiger partial charge in [0.2, 0.25) is 11.9 Å². The van der Waals surface area contributed by atoms with Gasteiger partial charge in [0, 0.05) is 6.04 Å². The number of benzene rings is 1. The maximum absolute atomic E-state index is 6.57. The Morgan fingerprint density at radius 1 is 1.06 bits per heavy atom. The lowest BCUT2D eigenvalue weighted by atomic mass is 9.86. The van der Waals surface area contributed by atoms with Crippen LogP contribution in [-0.4, -0.2) is 35.4 Å². The van der Waals surface area contributed by atoms with Crippen molar-refractivity contribution in [2.24, 2.45) is 0 Å². The minimum atomic E-state index is -1.77. The van der Waals surface area contributed by atoms with Crippen molar-refractivity contribution < 1.29 is 4.43 Å². The van der Waals surface area contributed by atoms with E-state index in [-0.39, 0.29) is 28.6 Å². The average Bonchev–Trinajstić information content (AvgIpc) is 3.22. The molecule has 0 bridgehead atoms. The van der Waals surface area contributed by atoms with Crippen LogP contribution in [0.4, 0.5) is 11.9 Å². The zero-order valence-corrected chi connectivity index (χ0v) is 21.6. The SMILES string of the molecule is CC1(C)C[C@H](Nc2ncnc(N[C@@H]3C[CH][C@H](O[Si](C)(C)C(C)(C)C)C3)n2)c2ccccc21. The Bertz CT molecular complexity index is 955. The first-order valence-electron chi connectivity index (χ1n) is 11.8. The summed E-state index contributed by atoms with van der Waals surface area (Å²) in [6.45, 7) is 16.1. The first kappa shape index (κ1) is 23.2. The molecule has 4 rings (SSSR count). The van der Waals surface area contributed by atoms with Crippen molar-refractivity contribution >= 4 is 20.2 Å². The lowest BCUT2D eigenvalue weighted by Crippen LogP contribution is -2.43. The minimum Gasteiger partial charge on any atom is -0.414 e. The van der Waals surface area contributed by atoms with Crippen LogP contribution in [-0.2, 0) is 9.84 Å². The summed E-state index contributed by atoms with van der Waals surface area (Å²) in [5, 5.41) is 7.26. The van der Waals surface area contributed by atoms with Gasteiger partial charge in [-0.3, -0.25) is 0 Å². The largest absolute Gasteiger partial charge is 0.414 e. The number of nitrogens with zero attached hydrogens (tertiary/aromatic N) is 3. The van der Waals surface area contributed by atoms with Crippen LogP contribution < -0.4 is 10.6 Å². The first-order valence-corrected chi connectivity index (χ1v) is 14.7. The van der Waals surface area contributed by atoms with Crippen LogP contribution in [0.15, 0.2) is 30.6 Å². The predicted molar refractivity (Wildman–Crippen MR) is 133 cm³/mol. The highest BCUT2D eigenvalue weighted by Gasteiger charge is 2.41. The van der Waals surface area contributed by atoms with Crippen molar-refractivity contribution in [3.05, 3.63) is 48.1 Å². The maximum atomic E-state index is 6.57. The van der Waals surface area contributed by atoms with E-state index in [0.717, 1.165) is 19.3 Å². The minimum absolute atomic E-state index is 0.140. The van der Waals surface area contributed by atoms with Gasteiger partial charge in [0.25, 0.3) is 0 Å². The Balaban J connectivity index is 1.38. The van der Waals surface area contributed by atoms with E-state index in [0.29, 0.717) is 11.9 Å². The molecule has 2 N–H and O–H groups in total. The summed E-state index contributed by atoms with van der Waals surface area (Å²) in [7, 11) is -1.77. The van der Waals surface area contributed by atoms with Crippen LogP contribution in [0.5, 0.6) is 0 Å². The quantitative estimate of drug-likeness (QED) is 0.534. The molecule has 2 aliphatic rings. The van der Waals surface area contributed by atoms with Gasteiger partial charge in [-0.15, -0.1) is 0 Å². The topological polar surface area (TPSA) is 72.0 Å². The third kappa shape index (κ3) is 4.83. The summed E-state index contributed by atoms with van der Waals surface area (Å²) in [5.41, 5.74) is 2.88. The molecule has 1 fully saturated rings. The van der Waals surface area contributed by atoms with Crippen LogP contribution in [0.25, 0.3) is 0 Å². The molecule has 1 radical (unpaired) electrons. The molecule has 0 spiro atoms. The molecule has 3 atom stereocenters. The smallest absolute Gasteiger partial charge is 0.227 e. The molecular formula is C25H38N5OSi. The highest BCUT2D eigenvalue weighted by Crippen LogP contribution is 2.45. The summed E-state index contributed by atoms with van der Waals surface area (Å²) >= 11 is 0. The van der Waals surface area contributed by atoms with Crippen molar-refractivity contribution in [1.29, 1.82) is 0 Å². The van der Waals surface area contributed by atoms with E-state index >= 15 is 0 Å². The standard InChI is InChI=1S/C25H38N5OSi/c1-24(2,3)32(6,7)31-18-13-12-17(14-18)28-22-26-16-27-23(30-22)29-21-15-25(4,5)20-11-9-8-10-19(20)21/h8-11,13,16-18,21H,12,14-15H2,1-7H3,(H2,26,27,28,29,30)/t17-,18+,21+/m1/s1. The van der Waals surface area contributed by atoms with Crippen molar-refractivity contribution in [1.82, 2.24) is 15.0 Å². The maximum Gasteiger partial charge on any atom is 0.227 e. The molecule has 2 aromatic rings. The second kappa shape index (κ2) is 8.41. The molecule has 0 saturated heterocycles. The van der Waals surface area contributed by atoms with E-state index in [9.17, 15) is 0 Å². The molecule has 2 aliphatic carbocycles. The number of anilines is 2. The second-order valence-electron chi connectivity index (χ2n) is 11.5. The van der Waals surface area contributed by atoms with Gasteiger partial charge in [0.1, 0.15) is 6.33 Å². The van der Waals surface area contributed by atoms with Crippen LogP contribution in [0.2, 0.25) is 18.1 Å². The Labute approximate surface area is 194 Å². The number of nitrogens with one attached hydrogen (secondary N) is 2. The van der Waals surface area contributed by atoms with Crippen molar-refractivity contribution in [3.8, 4) is 0 Å². The van der Waals surface area contributed by atoms with Crippen LogP contribution >= 0.6 is 0 Å². The summed E-state index contributed by atoms with van der Waals surface area (Å²) in [6, 6.07) is 9.16. The lowest BCUT2D eigenvalue weighted by Gasteiger charge is -2.38. The zero-order valence-electron chi connectivity index (χ0n) is 20.6. The number of rotatable bonds is 6. The summed E-state index contributed by atoms with van der Waals surface area (Å²) in [6.07, 6.45) is 7.01. The van der Waals surface area contributed by atoms with Gasteiger partial charge in [-0.2, -0.15) is 4.98 Å². The predicted octanol–water partition coefficient (Wildman–Crippen LogP) is 5.88. The zero-order chi connectivity index (χ0) is 23.1. The molecule has 0 aliphatic heterocycles. The van der Waals surface area contributed by atoms with E-state index in [1.165, 1.54) is 11.1 Å². The van der Waals surface area contributed by atoms with E-state index in [1.54, 1.807) is 6.33 Å². The molecule has 1 heterocycles. The Morgan fingerprint density at radius 3 is 2.47 bits per heavy atom. The van der Waals surface area contributed by atoms with E-state index < -0.39 is 8.32 Å². The first-order chi connectivity index (χ1) is 14.9. The van der Waals surface area contributed by atoms with Crippen LogP contribution in [0.3, 0.4) is 0 Å². The Kier molecular flexibility index (Phi) is 6.09. The van der Waals surface area contributed by atoms with E-state index in [4.69, 9.17) is 4.43 Å². The van der Waals surface area contributed by atoms with Crippen molar-refractivity contribution in [3.63, 3.8) is 0 Å². The molecule has 32 heavy (non-hydrogen) atoms. The number of hydrogen-bond acceptors (Lipinski definition) is 6. The van der Waals surface area contributed by atoms with Gasteiger partial charge in [0.05, 0.1) is 12.1 Å². The van der Waals surface area contributed by atoms with Crippen molar-refractivity contribution in [2.75, 3.05) is 10.6 Å². The fraction of sp³-hybridized carbons (Fsp3) is 0.600. The third-order valence-electron chi connectivity index (χ3n) is 7.44. The van der Waals surface area contributed by atoms with Gasteiger partial charge in [0.15, 0.2) is 8.32 Å². The Hall–Kier alpha value is -1.99. The summed E-state index contributed by atoms with van der Waals surface area (Å²) in [5.74, 6) is 1.25.